The topological polar surface area (TPSA) is 98.3 Å². The molecule has 6 heteroatoms. The standard InChI is InChI=1S/C20H17N3O3/c21-20(24)17-8-4-7-15(11-17)16-9-10-19(23(25)26)18(12-16)22-13-14-5-2-1-3-6-14/h1-12,22H,13H2,(H2,21,24). The monoisotopic (exact) mass is 347 g/mol. The molecule has 0 saturated heterocycles. The van der Waals surface area contributed by atoms with Crippen molar-refractivity contribution in [2.75, 3.05) is 5.32 Å². The van der Waals surface area contributed by atoms with Gasteiger partial charge in [-0.05, 0) is 41.0 Å². The van der Waals surface area contributed by atoms with Gasteiger partial charge in [-0.3, -0.25) is 14.9 Å². The van der Waals surface area contributed by atoms with Crippen LogP contribution in [0.1, 0.15) is 15.9 Å². The Hall–Kier alpha value is -3.67. The Balaban J connectivity index is 1.94. The number of rotatable bonds is 6. The fraction of sp³-hybridized carbons (Fsp3) is 0.0500. The molecule has 3 aromatic carbocycles. The quantitative estimate of drug-likeness (QED) is 0.520. The van der Waals surface area contributed by atoms with Gasteiger partial charge in [-0.15, -0.1) is 0 Å². The zero-order valence-electron chi connectivity index (χ0n) is 13.9. The SMILES string of the molecule is NC(=O)c1cccc(-c2ccc([N+](=O)[O-])c(NCc3ccccc3)c2)c1. The molecule has 0 unspecified atom stereocenters. The summed E-state index contributed by atoms with van der Waals surface area (Å²) in [5.41, 5.74) is 8.67. The molecule has 0 bridgehead atoms. The average Bonchev–Trinajstić information content (AvgIpc) is 2.67. The molecular formula is C20H17N3O3. The number of nitro groups is 1. The van der Waals surface area contributed by atoms with Crippen molar-refractivity contribution in [2.45, 2.75) is 6.54 Å². The maximum atomic E-state index is 11.4. The Morgan fingerprint density at radius 1 is 0.962 bits per heavy atom. The summed E-state index contributed by atoms with van der Waals surface area (Å²) in [6.45, 7) is 0.465. The van der Waals surface area contributed by atoms with Gasteiger partial charge in [0.2, 0.25) is 5.91 Å². The van der Waals surface area contributed by atoms with E-state index in [4.69, 9.17) is 5.73 Å². The van der Waals surface area contributed by atoms with E-state index in [0.29, 0.717) is 17.8 Å². The molecule has 6 nitrogen and oxygen atoms in total. The molecule has 3 N–H and O–H groups in total. The lowest BCUT2D eigenvalue weighted by Gasteiger charge is -2.10. The number of benzene rings is 3. The van der Waals surface area contributed by atoms with Gasteiger partial charge in [0.1, 0.15) is 5.69 Å². The Morgan fingerprint density at radius 2 is 1.69 bits per heavy atom. The van der Waals surface area contributed by atoms with Crippen molar-refractivity contribution >= 4 is 17.3 Å². The molecule has 3 aromatic rings. The molecule has 3 rings (SSSR count). The van der Waals surface area contributed by atoms with Crippen molar-refractivity contribution < 1.29 is 9.72 Å². The lowest BCUT2D eigenvalue weighted by molar-refractivity contribution is -0.384. The molecule has 0 heterocycles. The van der Waals surface area contributed by atoms with Crippen LogP contribution in [0.2, 0.25) is 0 Å². The van der Waals surface area contributed by atoms with Gasteiger partial charge in [-0.25, -0.2) is 0 Å². The van der Waals surface area contributed by atoms with Crippen LogP contribution < -0.4 is 11.1 Å². The lowest BCUT2D eigenvalue weighted by atomic mass is 10.0. The lowest BCUT2D eigenvalue weighted by Crippen LogP contribution is -2.10. The third-order valence-electron chi connectivity index (χ3n) is 4.00. The molecule has 1 amide bonds. The molecule has 26 heavy (non-hydrogen) atoms. The molecule has 0 atom stereocenters. The molecule has 130 valence electrons. The minimum absolute atomic E-state index is 0.00395. The van der Waals surface area contributed by atoms with E-state index in [2.05, 4.69) is 5.32 Å². The molecule has 0 spiro atoms. The zero-order valence-corrected chi connectivity index (χ0v) is 13.9. The van der Waals surface area contributed by atoms with Crippen molar-refractivity contribution in [3.8, 4) is 11.1 Å². The van der Waals surface area contributed by atoms with Gasteiger partial charge in [-0.1, -0.05) is 42.5 Å². The van der Waals surface area contributed by atoms with Gasteiger partial charge >= 0.3 is 0 Å². The molecule has 0 fully saturated rings. The number of anilines is 1. The Morgan fingerprint density at radius 3 is 2.38 bits per heavy atom. The highest BCUT2D eigenvalue weighted by atomic mass is 16.6. The van der Waals surface area contributed by atoms with E-state index in [1.807, 2.05) is 36.4 Å². The van der Waals surface area contributed by atoms with Gasteiger partial charge in [0.25, 0.3) is 5.69 Å². The second-order valence-electron chi connectivity index (χ2n) is 5.77. The number of nitrogens with zero attached hydrogens (tertiary/aromatic N) is 1. The first kappa shape index (κ1) is 17.2. The molecule has 0 aliphatic carbocycles. The van der Waals surface area contributed by atoms with E-state index < -0.39 is 10.8 Å². The van der Waals surface area contributed by atoms with Crippen molar-refractivity contribution in [1.29, 1.82) is 0 Å². The summed E-state index contributed by atoms with van der Waals surface area (Å²) in [6.07, 6.45) is 0. The number of amides is 1. The van der Waals surface area contributed by atoms with Gasteiger partial charge in [0, 0.05) is 18.2 Å². The molecule has 0 radical (unpaired) electrons. The second-order valence-corrected chi connectivity index (χ2v) is 5.77. The fourth-order valence-electron chi connectivity index (χ4n) is 2.66. The molecule has 0 aliphatic rings. The van der Waals surface area contributed by atoms with E-state index >= 15 is 0 Å². The van der Waals surface area contributed by atoms with Crippen LogP contribution >= 0.6 is 0 Å². The number of carbonyl (C=O) groups excluding carboxylic acids is 1. The summed E-state index contributed by atoms with van der Waals surface area (Å²) in [6, 6.07) is 21.3. The summed E-state index contributed by atoms with van der Waals surface area (Å²) < 4.78 is 0. The molecule has 0 aromatic heterocycles. The van der Waals surface area contributed by atoms with E-state index in [1.54, 1.807) is 30.3 Å². The fourth-order valence-corrected chi connectivity index (χ4v) is 2.66. The maximum absolute atomic E-state index is 11.4. The van der Waals surface area contributed by atoms with Crippen LogP contribution in [0.5, 0.6) is 0 Å². The third-order valence-corrected chi connectivity index (χ3v) is 4.00. The number of nitro benzene ring substituents is 1. The molecular weight excluding hydrogens is 330 g/mol. The summed E-state index contributed by atoms with van der Waals surface area (Å²) >= 11 is 0. The largest absolute Gasteiger partial charge is 0.375 e. The minimum atomic E-state index is -0.517. The van der Waals surface area contributed by atoms with Crippen LogP contribution in [-0.4, -0.2) is 10.8 Å². The first-order valence-corrected chi connectivity index (χ1v) is 8.01. The number of primary amides is 1. The smallest absolute Gasteiger partial charge is 0.292 e. The Bertz CT molecular complexity index is 956. The van der Waals surface area contributed by atoms with Crippen LogP contribution in [0.15, 0.2) is 72.8 Å². The first-order valence-electron chi connectivity index (χ1n) is 8.01. The van der Waals surface area contributed by atoms with E-state index in [-0.39, 0.29) is 5.69 Å². The van der Waals surface area contributed by atoms with Crippen LogP contribution in [0.3, 0.4) is 0 Å². The highest BCUT2D eigenvalue weighted by Crippen LogP contribution is 2.31. The van der Waals surface area contributed by atoms with Gasteiger partial charge < -0.3 is 11.1 Å². The number of nitrogens with two attached hydrogens (primary N) is 1. The van der Waals surface area contributed by atoms with Crippen LogP contribution in [0.4, 0.5) is 11.4 Å². The van der Waals surface area contributed by atoms with Crippen LogP contribution in [-0.2, 0) is 6.54 Å². The van der Waals surface area contributed by atoms with Crippen molar-refractivity contribution in [1.82, 2.24) is 0 Å². The second kappa shape index (κ2) is 7.48. The van der Waals surface area contributed by atoms with Crippen LogP contribution in [0.25, 0.3) is 11.1 Å². The molecule has 0 saturated carbocycles. The zero-order chi connectivity index (χ0) is 18.5. The van der Waals surface area contributed by atoms with Gasteiger partial charge in [0.15, 0.2) is 0 Å². The highest BCUT2D eigenvalue weighted by Gasteiger charge is 2.15. The normalized spacial score (nSPS) is 10.3. The Kier molecular flexibility index (Phi) is 4.94. The van der Waals surface area contributed by atoms with E-state index in [9.17, 15) is 14.9 Å². The summed E-state index contributed by atoms with van der Waals surface area (Å²) in [7, 11) is 0. The third kappa shape index (κ3) is 3.87. The molecule has 0 aliphatic heterocycles. The van der Waals surface area contributed by atoms with Crippen molar-refractivity contribution in [3.05, 3.63) is 94.0 Å². The number of carbonyl (C=O) groups is 1. The average molecular weight is 347 g/mol. The van der Waals surface area contributed by atoms with Crippen molar-refractivity contribution in [3.63, 3.8) is 0 Å². The highest BCUT2D eigenvalue weighted by molar-refractivity contribution is 5.94. The summed E-state index contributed by atoms with van der Waals surface area (Å²) in [5, 5.41) is 14.5. The first-order chi connectivity index (χ1) is 12.5. The van der Waals surface area contributed by atoms with E-state index in [0.717, 1.165) is 16.7 Å². The number of nitrogens with one attached hydrogen (secondary N) is 1. The van der Waals surface area contributed by atoms with Crippen molar-refractivity contribution in [2.24, 2.45) is 5.73 Å². The summed E-state index contributed by atoms with van der Waals surface area (Å²) in [4.78, 5) is 22.3. The number of hydrogen-bond acceptors (Lipinski definition) is 4. The van der Waals surface area contributed by atoms with E-state index in [1.165, 1.54) is 6.07 Å². The van der Waals surface area contributed by atoms with Gasteiger partial charge in [0.05, 0.1) is 4.92 Å². The van der Waals surface area contributed by atoms with Crippen LogP contribution in [0, 0.1) is 10.1 Å². The predicted molar refractivity (Wildman–Crippen MR) is 101 cm³/mol. The maximum Gasteiger partial charge on any atom is 0.292 e. The Labute approximate surface area is 150 Å². The number of hydrogen-bond donors (Lipinski definition) is 2. The predicted octanol–water partition coefficient (Wildman–Crippen LogP) is 3.97. The minimum Gasteiger partial charge on any atom is -0.375 e. The summed E-state index contributed by atoms with van der Waals surface area (Å²) in [5.74, 6) is -0.517. The van der Waals surface area contributed by atoms with Gasteiger partial charge in [-0.2, -0.15) is 0 Å².